The molecule has 12 heteroatoms. The predicted molar refractivity (Wildman–Crippen MR) is 162 cm³/mol. The zero-order valence-electron chi connectivity index (χ0n) is 22.8. The first-order chi connectivity index (χ1) is 19.5. The highest BCUT2D eigenvalue weighted by Crippen LogP contribution is 2.45. The molecule has 0 amide bonds. The van der Waals surface area contributed by atoms with Crippen molar-refractivity contribution in [1.82, 2.24) is 14.9 Å². The van der Waals surface area contributed by atoms with E-state index >= 15 is 0 Å². The van der Waals surface area contributed by atoms with Crippen LogP contribution in [0.5, 0.6) is 5.75 Å². The molecule has 0 radical (unpaired) electrons. The van der Waals surface area contributed by atoms with E-state index in [1.54, 1.807) is 42.6 Å². The summed E-state index contributed by atoms with van der Waals surface area (Å²) in [4.78, 5) is 18.0. The molecule has 2 atom stereocenters. The molecule has 4 aromatic rings. The fourth-order valence-corrected chi connectivity index (χ4v) is 6.22. The monoisotopic (exact) mass is 591 g/mol. The van der Waals surface area contributed by atoms with Gasteiger partial charge in [0.25, 0.3) is 0 Å². The summed E-state index contributed by atoms with van der Waals surface area (Å²) in [7, 11) is -2.10. The molecule has 1 aliphatic rings. The maximum Gasteiger partial charge on any atom is 0.335 e. The summed E-state index contributed by atoms with van der Waals surface area (Å²) in [6, 6.07) is 19.1. The Balaban J connectivity index is 1.66. The number of methoxy groups -OCH3 is 1. The van der Waals surface area contributed by atoms with Gasteiger partial charge < -0.3 is 24.6 Å². The Morgan fingerprint density at radius 2 is 1.78 bits per heavy atom. The van der Waals surface area contributed by atoms with Gasteiger partial charge in [0.05, 0.1) is 42.4 Å². The lowest BCUT2D eigenvalue weighted by Crippen LogP contribution is -2.29. The smallest absolute Gasteiger partial charge is 0.335 e. The Hall–Kier alpha value is -4.42. The molecule has 10 nitrogen and oxygen atoms in total. The molecular weight excluding hydrogens is 562 g/mol. The van der Waals surface area contributed by atoms with Gasteiger partial charge >= 0.3 is 5.97 Å². The van der Waals surface area contributed by atoms with E-state index in [0.29, 0.717) is 22.2 Å². The molecule has 0 saturated carbocycles. The number of pyridine rings is 1. The van der Waals surface area contributed by atoms with E-state index in [1.165, 1.54) is 7.11 Å². The number of aryl methyl sites for hydroxylation is 1. The highest BCUT2D eigenvalue weighted by Gasteiger charge is 2.42. The van der Waals surface area contributed by atoms with E-state index < -0.39 is 16.0 Å². The molecule has 0 spiro atoms. The lowest BCUT2D eigenvalue weighted by Gasteiger charge is -2.29. The number of ether oxygens (including phenoxy) is 1. The van der Waals surface area contributed by atoms with Crippen molar-refractivity contribution in [2.24, 2.45) is 0 Å². The molecule has 5 rings (SSSR count). The maximum atomic E-state index is 12.1. The van der Waals surface area contributed by atoms with Crippen LogP contribution in [0.15, 0.2) is 72.9 Å². The second-order valence-corrected chi connectivity index (χ2v) is 11.9. The number of nitrogens with zero attached hydrogens (tertiary/aromatic N) is 3. The third-order valence-corrected chi connectivity index (χ3v) is 7.92. The molecule has 212 valence electrons. The van der Waals surface area contributed by atoms with E-state index in [4.69, 9.17) is 17.0 Å². The van der Waals surface area contributed by atoms with Crippen molar-refractivity contribution in [3.05, 3.63) is 101 Å². The number of aromatic nitrogens is 2. The third kappa shape index (κ3) is 5.48. The fourth-order valence-electron chi connectivity index (χ4n) is 5.31. The fraction of sp³-hybridized carbons (Fsp3) is 0.207. The van der Waals surface area contributed by atoms with Crippen LogP contribution in [0, 0.1) is 13.8 Å². The van der Waals surface area contributed by atoms with Gasteiger partial charge in [0, 0.05) is 29.0 Å². The number of hydrogen-bond donors (Lipinski definition) is 3. The molecule has 0 aliphatic carbocycles. The number of sulfonamides is 1. The number of hydrogen-bond acceptors (Lipinski definition) is 6. The van der Waals surface area contributed by atoms with Gasteiger partial charge in [-0.25, -0.2) is 13.2 Å². The summed E-state index contributed by atoms with van der Waals surface area (Å²) < 4.78 is 34.2. The van der Waals surface area contributed by atoms with Crippen molar-refractivity contribution in [3.63, 3.8) is 0 Å². The van der Waals surface area contributed by atoms with E-state index in [9.17, 15) is 18.3 Å². The first kappa shape index (κ1) is 28.1. The molecule has 0 bridgehead atoms. The van der Waals surface area contributed by atoms with Crippen LogP contribution in [0.25, 0.3) is 5.69 Å². The zero-order chi connectivity index (χ0) is 29.5. The van der Waals surface area contributed by atoms with Crippen LogP contribution in [0.1, 0.15) is 45.1 Å². The number of benzene rings is 2. The van der Waals surface area contributed by atoms with Gasteiger partial charge in [-0.2, -0.15) is 0 Å². The Morgan fingerprint density at radius 3 is 2.39 bits per heavy atom. The molecular formula is C29H29N5O5S2. The molecule has 1 saturated heterocycles. The number of aromatic carboxylic acids is 1. The van der Waals surface area contributed by atoms with Crippen molar-refractivity contribution < 1.29 is 23.1 Å². The summed E-state index contributed by atoms with van der Waals surface area (Å²) in [5.41, 5.74) is 5.65. The molecule has 1 fully saturated rings. The standard InChI is InChI=1S/C29H29N5O5S2/c1-17-15-22(18(2)33(17)20-10-8-19(9-11-20)28(35)36)27-26(23-7-5-6-14-30-23)31-29(40)34(27)21-12-13-25(39-3)24(16-21)32-41(4,37)38/h5-16,26-27,32H,1-4H3,(H,31,40)(H,35,36). The highest BCUT2D eigenvalue weighted by molar-refractivity contribution is 7.92. The predicted octanol–water partition coefficient (Wildman–Crippen LogP) is 4.74. The van der Waals surface area contributed by atoms with Crippen LogP contribution in [0.2, 0.25) is 0 Å². The van der Waals surface area contributed by atoms with Crippen molar-refractivity contribution in [2.45, 2.75) is 25.9 Å². The molecule has 3 N–H and O–H groups in total. The first-order valence-electron chi connectivity index (χ1n) is 12.7. The molecule has 41 heavy (non-hydrogen) atoms. The second kappa shape index (κ2) is 10.9. The van der Waals surface area contributed by atoms with Gasteiger partial charge in [0.2, 0.25) is 10.0 Å². The topological polar surface area (TPSA) is 126 Å². The number of thiocarbonyl (C=S) groups is 1. The van der Waals surface area contributed by atoms with Crippen LogP contribution < -0.4 is 19.7 Å². The normalized spacial score (nSPS) is 16.9. The number of carbonyl (C=O) groups is 1. The quantitative estimate of drug-likeness (QED) is 0.249. The summed E-state index contributed by atoms with van der Waals surface area (Å²) in [6.45, 7) is 4.00. The lowest BCUT2D eigenvalue weighted by atomic mass is 9.96. The highest BCUT2D eigenvalue weighted by atomic mass is 32.2. The zero-order valence-corrected chi connectivity index (χ0v) is 24.5. The number of rotatable bonds is 8. The van der Waals surface area contributed by atoms with Crippen LogP contribution in [0.3, 0.4) is 0 Å². The summed E-state index contributed by atoms with van der Waals surface area (Å²) in [5, 5.41) is 13.2. The Morgan fingerprint density at radius 1 is 1.07 bits per heavy atom. The average Bonchev–Trinajstić information content (AvgIpc) is 3.43. The van der Waals surface area contributed by atoms with Crippen molar-refractivity contribution in [2.75, 3.05) is 23.0 Å². The Bertz CT molecular complexity index is 1740. The van der Waals surface area contributed by atoms with Crippen LogP contribution in [-0.4, -0.2) is 47.5 Å². The van der Waals surface area contributed by atoms with E-state index in [0.717, 1.165) is 34.6 Å². The summed E-state index contributed by atoms with van der Waals surface area (Å²) >= 11 is 5.86. The Labute approximate surface area is 243 Å². The minimum absolute atomic E-state index is 0.209. The molecule has 3 heterocycles. The Kier molecular flexibility index (Phi) is 7.45. The first-order valence-corrected chi connectivity index (χ1v) is 15.0. The molecule has 2 aromatic carbocycles. The van der Waals surface area contributed by atoms with Crippen molar-refractivity contribution >= 4 is 44.7 Å². The van der Waals surface area contributed by atoms with Gasteiger partial charge in [-0.1, -0.05) is 6.07 Å². The number of carboxylic acid groups (broad SMARTS) is 1. The largest absolute Gasteiger partial charge is 0.495 e. The van der Waals surface area contributed by atoms with Gasteiger partial charge in [-0.3, -0.25) is 9.71 Å². The van der Waals surface area contributed by atoms with E-state index in [2.05, 4.69) is 25.7 Å². The van der Waals surface area contributed by atoms with Crippen LogP contribution in [0.4, 0.5) is 11.4 Å². The summed E-state index contributed by atoms with van der Waals surface area (Å²) in [6.07, 6.45) is 2.81. The van der Waals surface area contributed by atoms with Crippen molar-refractivity contribution in [3.8, 4) is 11.4 Å². The van der Waals surface area contributed by atoms with Gasteiger partial charge in [0.1, 0.15) is 5.75 Å². The third-order valence-electron chi connectivity index (χ3n) is 7.02. The number of carboxylic acids is 1. The van der Waals surface area contributed by atoms with Gasteiger partial charge in [0.15, 0.2) is 5.11 Å². The minimum Gasteiger partial charge on any atom is -0.495 e. The van der Waals surface area contributed by atoms with E-state index in [1.807, 2.05) is 43.0 Å². The minimum atomic E-state index is -3.58. The number of anilines is 2. The SMILES string of the molecule is COc1ccc(N2C(=S)NC(c3ccccn3)C2c2cc(C)n(-c3ccc(C(=O)O)cc3)c2C)cc1NS(C)(=O)=O. The van der Waals surface area contributed by atoms with Crippen LogP contribution >= 0.6 is 12.2 Å². The van der Waals surface area contributed by atoms with Gasteiger partial charge in [-0.05, 0) is 92.3 Å². The number of nitrogens with one attached hydrogen (secondary N) is 2. The average molecular weight is 592 g/mol. The van der Waals surface area contributed by atoms with Crippen LogP contribution in [-0.2, 0) is 10.0 Å². The van der Waals surface area contributed by atoms with E-state index in [-0.39, 0.29) is 17.6 Å². The molecule has 1 aliphatic heterocycles. The lowest BCUT2D eigenvalue weighted by molar-refractivity contribution is 0.0697. The summed E-state index contributed by atoms with van der Waals surface area (Å²) in [5.74, 6) is -0.611. The van der Waals surface area contributed by atoms with Gasteiger partial charge in [-0.15, -0.1) is 0 Å². The molecule has 2 unspecified atom stereocenters. The van der Waals surface area contributed by atoms with Crippen molar-refractivity contribution in [1.29, 1.82) is 0 Å². The molecule has 2 aromatic heterocycles. The second-order valence-electron chi connectivity index (χ2n) is 9.77. The maximum absolute atomic E-state index is 12.1.